The number of amides is 1. The summed E-state index contributed by atoms with van der Waals surface area (Å²) in [7, 11) is 1.78. The molecule has 4 rings (SSSR count). The molecule has 0 atom stereocenters. The summed E-state index contributed by atoms with van der Waals surface area (Å²) >= 11 is 0. The lowest BCUT2D eigenvalue weighted by atomic mass is 10.0. The van der Waals surface area contributed by atoms with Crippen molar-refractivity contribution < 1.29 is 4.79 Å². The molecular weight excluding hydrogens is 336 g/mol. The van der Waals surface area contributed by atoms with E-state index in [1.807, 2.05) is 30.3 Å². The second-order valence-electron chi connectivity index (χ2n) is 6.85. The highest BCUT2D eigenvalue weighted by molar-refractivity contribution is 5.91. The molecule has 3 aromatic rings. The number of aromatic nitrogens is 2. The van der Waals surface area contributed by atoms with E-state index < -0.39 is 0 Å². The summed E-state index contributed by atoms with van der Waals surface area (Å²) in [4.78, 5) is 25.4. The first kappa shape index (κ1) is 17.2. The maximum atomic E-state index is 12.6. The molecule has 0 spiro atoms. The van der Waals surface area contributed by atoms with Crippen molar-refractivity contribution in [3.8, 4) is 0 Å². The van der Waals surface area contributed by atoms with Gasteiger partial charge in [-0.05, 0) is 23.1 Å². The first-order valence-corrected chi connectivity index (χ1v) is 9.14. The number of rotatable bonds is 4. The van der Waals surface area contributed by atoms with E-state index in [1.54, 1.807) is 24.3 Å². The van der Waals surface area contributed by atoms with E-state index in [0.29, 0.717) is 12.2 Å². The number of anilines is 1. The van der Waals surface area contributed by atoms with E-state index in [1.165, 1.54) is 11.1 Å². The van der Waals surface area contributed by atoms with E-state index in [0.717, 1.165) is 30.9 Å². The van der Waals surface area contributed by atoms with Gasteiger partial charge in [-0.2, -0.15) is 0 Å². The first-order chi connectivity index (χ1) is 13.2. The largest absolute Gasteiger partial charge is 0.351 e. The Bertz CT molecular complexity index is 925. The summed E-state index contributed by atoms with van der Waals surface area (Å²) in [5.41, 5.74) is 4.18. The molecule has 5 heteroatoms. The topological polar surface area (TPSA) is 49.3 Å². The molecule has 5 nitrogen and oxygen atoms in total. The molecule has 0 radical (unpaired) electrons. The number of carbonyl (C=O) groups is 1. The third-order valence-corrected chi connectivity index (χ3v) is 4.92. The minimum atomic E-state index is -0.123. The second kappa shape index (κ2) is 7.58. The van der Waals surface area contributed by atoms with Crippen LogP contribution in [-0.2, 0) is 19.5 Å². The van der Waals surface area contributed by atoms with Crippen molar-refractivity contribution in [2.45, 2.75) is 19.5 Å². The number of hydrogen-bond donors (Lipinski definition) is 0. The highest BCUT2D eigenvalue weighted by Crippen LogP contribution is 2.22. The van der Waals surface area contributed by atoms with Gasteiger partial charge in [0.05, 0.1) is 12.4 Å². The first-order valence-electron chi connectivity index (χ1n) is 9.14. The number of benzene rings is 2. The number of nitrogens with zero attached hydrogens (tertiary/aromatic N) is 4. The Labute approximate surface area is 159 Å². The average Bonchev–Trinajstić information content (AvgIpc) is 2.73. The van der Waals surface area contributed by atoms with Crippen molar-refractivity contribution in [3.05, 3.63) is 89.4 Å². The van der Waals surface area contributed by atoms with Gasteiger partial charge in [-0.1, -0.05) is 54.6 Å². The van der Waals surface area contributed by atoms with Crippen molar-refractivity contribution in [1.82, 2.24) is 14.9 Å². The van der Waals surface area contributed by atoms with E-state index in [-0.39, 0.29) is 5.91 Å². The van der Waals surface area contributed by atoms with Crippen LogP contribution in [0.1, 0.15) is 27.2 Å². The molecule has 0 unspecified atom stereocenters. The third kappa shape index (κ3) is 3.82. The minimum Gasteiger partial charge on any atom is -0.351 e. The highest BCUT2D eigenvalue weighted by atomic mass is 16.2. The van der Waals surface area contributed by atoms with Crippen LogP contribution in [-0.4, -0.2) is 34.4 Å². The van der Waals surface area contributed by atoms with Crippen LogP contribution in [0.5, 0.6) is 0 Å². The van der Waals surface area contributed by atoms with Crippen LogP contribution in [0, 0.1) is 0 Å². The molecule has 2 heterocycles. The lowest BCUT2D eigenvalue weighted by molar-refractivity contribution is 0.0779. The smallest absolute Gasteiger partial charge is 0.274 e. The molecule has 2 aromatic carbocycles. The van der Waals surface area contributed by atoms with Gasteiger partial charge in [0.25, 0.3) is 5.91 Å². The number of hydrogen-bond acceptors (Lipinski definition) is 4. The van der Waals surface area contributed by atoms with Gasteiger partial charge in [0.2, 0.25) is 0 Å². The molecule has 0 saturated heterocycles. The molecule has 0 aliphatic carbocycles. The molecule has 136 valence electrons. The van der Waals surface area contributed by atoms with Crippen molar-refractivity contribution >= 4 is 11.7 Å². The number of carbonyl (C=O) groups excluding carboxylic acids is 1. The second-order valence-corrected chi connectivity index (χ2v) is 6.85. The Kier molecular flexibility index (Phi) is 4.83. The van der Waals surface area contributed by atoms with Crippen LogP contribution in [0.15, 0.2) is 67.0 Å². The lowest BCUT2D eigenvalue weighted by Gasteiger charge is -2.29. The van der Waals surface area contributed by atoms with Crippen LogP contribution >= 0.6 is 0 Å². The molecular formula is C22H22N4O. The van der Waals surface area contributed by atoms with Crippen LogP contribution in [0.25, 0.3) is 0 Å². The van der Waals surface area contributed by atoms with Crippen LogP contribution < -0.4 is 4.90 Å². The number of fused-ring (bicyclic) bond motifs is 1. The standard InChI is InChI=1S/C22H22N4O/c1-25(15-17-7-3-2-4-8-17)22(27)20-13-24-21(14-23-20)26-12-11-18-9-5-6-10-19(18)16-26/h2-10,13-14H,11-12,15-16H2,1H3. The van der Waals surface area contributed by atoms with Gasteiger partial charge in [0, 0.05) is 26.7 Å². The van der Waals surface area contributed by atoms with Gasteiger partial charge in [-0.25, -0.2) is 9.97 Å². The van der Waals surface area contributed by atoms with E-state index in [4.69, 9.17) is 0 Å². The van der Waals surface area contributed by atoms with E-state index in [2.05, 4.69) is 39.1 Å². The van der Waals surface area contributed by atoms with E-state index in [9.17, 15) is 4.79 Å². The molecule has 1 amide bonds. The highest BCUT2D eigenvalue weighted by Gasteiger charge is 2.19. The van der Waals surface area contributed by atoms with Crippen molar-refractivity contribution in [1.29, 1.82) is 0 Å². The van der Waals surface area contributed by atoms with Gasteiger partial charge in [-0.3, -0.25) is 4.79 Å². The summed E-state index contributed by atoms with van der Waals surface area (Å²) < 4.78 is 0. The van der Waals surface area contributed by atoms with Gasteiger partial charge in [0.15, 0.2) is 0 Å². The minimum absolute atomic E-state index is 0.123. The zero-order valence-electron chi connectivity index (χ0n) is 15.4. The SMILES string of the molecule is CN(Cc1ccccc1)C(=O)c1cnc(N2CCc3ccccc3C2)cn1. The summed E-state index contributed by atoms with van der Waals surface area (Å²) in [6.45, 7) is 2.28. The van der Waals surface area contributed by atoms with Crippen LogP contribution in [0.2, 0.25) is 0 Å². The zero-order valence-corrected chi connectivity index (χ0v) is 15.4. The molecule has 0 N–H and O–H groups in total. The summed E-state index contributed by atoms with van der Waals surface area (Å²) in [6.07, 6.45) is 4.29. The van der Waals surface area contributed by atoms with Gasteiger partial charge in [0.1, 0.15) is 11.5 Å². The summed E-state index contributed by atoms with van der Waals surface area (Å²) in [5.74, 6) is 0.689. The molecule has 1 aliphatic heterocycles. The normalized spacial score (nSPS) is 13.1. The summed E-state index contributed by atoms with van der Waals surface area (Å²) in [5, 5.41) is 0. The predicted molar refractivity (Wildman–Crippen MR) is 105 cm³/mol. The monoisotopic (exact) mass is 358 g/mol. The summed E-state index contributed by atoms with van der Waals surface area (Å²) in [6, 6.07) is 18.4. The zero-order chi connectivity index (χ0) is 18.6. The third-order valence-electron chi connectivity index (χ3n) is 4.92. The molecule has 0 fully saturated rings. The maximum Gasteiger partial charge on any atom is 0.274 e. The molecule has 1 aromatic heterocycles. The fourth-order valence-corrected chi connectivity index (χ4v) is 3.41. The Morgan fingerprint density at radius 1 is 1.00 bits per heavy atom. The Morgan fingerprint density at radius 3 is 2.48 bits per heavy atom. The van der Waals surface area contributed by atoms with Crippen molar-refractivity contribution in [2.24, 2.45) is 0 Å². The van der Waals surface area contributed by atoms with Gasteiger partial charge in [-0.15, -0.1) is 0 Å². The Morgan fingerprint density at radius 2 is 1.74 bits per heavy atom. The fraction of sp³-hybridized carbons (Fsp3) is 0.227. The maximum absolute atomic E-state index is 12.6. The van der Waals surface area contributed by atoms with Crippen LogP contribution in [0.3, 0.4) is 0 Å². The lowest BCUT2D eigenvalue weighted by Crippen LogP contribution is -2.31. The quantitative estimate of drug-likeness (QED) is 0.718. The molecule has 1 aliphatic rings. The molecule has 27 heavy (non-hydrogen) atoms. The predicted octanol–water partition coefficient (Wildman–Crippen LogP) is 3.31. The molecule has 0 saturated carbocycles. The van der Waals surface area contributed by atoms with Crippen LogP contribution in [0.4, 0.5) is 5.82 Å². The van der Waals surface area contributed by atoms with Crippen molar-refractivity contribution in [3.63, 3.8) is 0 Å². The fourth-order valence-electron chi connectivity index (χ4n) is 3.41. The Balaban J connectivity index is 1.44. The van der Waals surface area contributed by atoms with Gasteiger partial charge >= 0.3 is 0 Å². The molecule has 0 bridgehead atoms. The average molecular weight is 358 g/mol. The van der Waals surface area contributed by atoms with Gasteiger partial charge < -0.3 is 9.80 Å². The van der Waals surface area contributed by atoms with Crippen molar-refractivity contribution in [2.75, 3.05) is 18.5 Å². The Hall–Kier alpha value is -3.21. The van der Waals surface area contributed by atoms with E-state index >= 15 is 0 Å².